The highest BCUT2D eigenvalue weighted by Gasteiger charge is 2.36. The van der Waals surface area contributed by atoms with E-state index in [-0.39, 0.29) is 27.9 Å². The van der Waals surface area contributed by atoms with Crippen LogP contribution >= 0.6 is 34.4 Å². The number of thioether (sulfide) groups is 1. The number of hydrogen-bond acceptors (Lipinski definition) is 8. The van der Waals surface area contributed by atoms with E-state index in [1.165, 1.54) is 24.3 Å². The van der Waals surface area contributed by atoms with Crippen LogP contribution in [0.25, 0.3) is 6.08 Å². The van der Waals surface area contributed by atoms with E-state index in [0.717, 1.165) is 10.5 Å². The van der Waals surface area contributed by atoms with Gasteiger partial charge in [0, 0.05) is 0 Å². The van der Waals surface area contributed by atoms with Crippen LogP contribution in [0.1, 0.15) is 18.1 Å². The third kappa shape index (κ3) is 5.86. The third-order valence-corrected chi connectivity index (χ3v) is 7.26. The first-order valence-corrected chi connectivity index (χ1v) is 12.8. The Labute approximate surface area is 208 Å². The number of halogens is 1. The Kier molecular flexibility index (Phi) is 7.69. The Morgan fingerprint density at radius 1 is 1.21 bits per heavy atom. The predicted octanol–water partition coefficient (Wildman–Crippen LogP) is 3.29. The van der Waals surface area contributed by atoms with Gasteiger partial charge in [-0.3, -0.25) is 19.3 Å². The first-order chi connectivity index (χ1) is 15.5. The summed E-state index contributed by atoms with van der Waals surface area (Å²) in [4.78, 5) is 36.5. The molecule has 12 heteroatoms. The van der Waals surface area contributed by atoms with E-state index in [4.69, 9.17) is 14.7 Å². The van der Waals surface area contributed by atoms with Crippen molar-refractivity contribution in [1.82, 2.24) is 4.90 Å². The third-order valence-electron chi connectivity index (χ3n) is 4.32. The van der Waals surface area contributed by atoms with Crippen molar-refractivity contribution in [2.24, 2.45) is 5.73 Å². The average molecular weight is 602 g/mol. The summed E-state index contributed by atoms with van der Waals surface area (Å²) in [5.41, 5.74) is 6.47. The van der Waals surface area contributed by atoms with E-state index < -0.39 is 33.7 Å². The van der Waals surface area contributed by atoms with Gasteiger partial charge in [0.2, 0.25) is 5.91 Å². The number of amides is 3. The van der Waals surface area contributed by atoms with Crippen LogP contribution in [0.3, 0.4) is 0 Å². The lowest BCUT2D eigenvalue weighted by atomic mass is 10.2. The molecule has 0 saturated carbocycles. The largest absolute Gasteiger partial charge is 0.490 e. The number of nitrogens with two attached hydrogens (primary N) is 1. The van der Waals surface area contributed by atoms with E-state index in [1.807, 2.05) is 29.5 Å². The normalized spacial score (nSPS) is 15.2. The van der Waals surface area contributed by atoms with E-state index in [0.29, 0.717) is 20.9 Å². The smallest absolute Gasteiger partial charge is 0.339 e. The minimum absolute atomic E-state index is 0.00134. The van der Waals surface area contributed by atoms with Gasteiger partial charge >= 0.3 is 10.1 Å². The van der Waals surface area contributed by atoms with Gasteiger partial charge in [0.25, 0.3) is 11.1 Å². The summed E-state index contributed by atoms with van der Waals surface area (Å²) in [6, 6.07) is 9.33. The number of nitrogens with zero attached hydrogens (tertiary/aromatic N) is 1. The molecule has 9 nitrogen and oxygen atoms in total. The van der Waals surface area contributed by atoms with Gasteiger partial charge in [0.15, 0.2) is 11.5 Å². The summed E-state index contributed by atoms with van der Waals surface area (Å²) in [5.74, 6) is -1.28. The maximum absolute atomic E-state index is 12.8. The van der Waals surface area contributed by atoms with Crippen molar-refractivity contribution in [3.05, 3.63) is 56.0 Å². The first kappa shape index (κ1) is 25.1. The minimum Gasteiger partial charge on any atom is -0.490 e. The molecule has 2 N–H and O–H groups in total. The van der Waals surface area contributed by atoms with Crippen molar-refractivity contribution >= 4 is 67.6 Å². The molecule has 0 bridgehead atoms. The zero-order chi connectivity index (χ0) is 24.3. The van der Waals surface area contributed by atoms with Crippen LogP contribution in [0.5, 0.6) is 11.5 Å². The van der Waals surface area contributed by atoms with E-state index in [2.05, 4.69) is 0 Å². The van der Waals surface area contributed by atoms with Crippen molar-refractivity contribution in [1.29, 1.82) is 0 Å². The Hall–Kier alpha value is -2.58. The van der Waals surface area contributed by atoms with Gasteiger partial charge in [-0.2, -0.15) is 8.42 Å². The molecule has 1 saturated heterocycles. The number of hydrogen-bond donors (Lipinski definition) is 1. The number of primary amides is 1. The standard InChI is InChI=1S/C21H19IN2O7S2/c1-3-30-16-9-13(10-17-20(26)24(11-18(23)25)21(27)32-17)8-15(22)19(16)31-33(28,29)14-6-4-12(2)5-7-14/h4-10H,3,11H2,1-2H3,(H2,23,25)/b17-10-. The van der Waals surface area contributed by atoms with Crippen molar-refractivity contribution in [2.45, 2.75) is 18.7 Å². The number of rotatable bonds is 8. The van der Waals surface area contributed by atoms with Gasteiger partial charge in [-0.25, -0.2) is 0 Å². The van der Waals surface area contributed by atoms with Crippen molar-refractivity contribution in [3.63, 3.8) is 0 Å². The molecule has 3 rings (SSSR count). The highest BCUT2D eigenvalue weighted by molar-refractivity contribution is 14.1. The van der Waals surface area contributed by atoms with Crippen molar-refractivity contribution < 1.29 is 31.7 Å². The lowest BCUT2D eigenvalue weighted by molar-refractivity contribution is -0.127. The number of benzene rings is 2. The fraction of sp³-hybridized carbons (Fsp3) is 0.190. The summed E-state index contributed by atoms with van der Waals surface area (Å²) in [5, 5.41) is -0.603. The lowest BCUT2D eigenvalue weighted by Crippen LogP contribution is -2.36. The highest BCUT2D eigenvalue weighted by Crippen LogP contribution is 2.38. The summed E-state index contributed by atoms with van der Waals surface area (Å²) >= 11 is 2.58. The van der Waals surface area contributed by atoms with Crippen LogP contribution in [-0.2, 0) is 19.7 Å². The number of carbonyl (C=O) groups is 3. The van der Waals surface area contributed by atoms with Gasteiger partial charge in [-0.05, 0) is 84.1 Å². The average Bonchev–Trinajstić information content (AvgIpc) is 2.98. The van der Waals surface area contributed by atoms with Crippen LogP contribution in [0.15, 0.2) is 46.2 Å². The maximum Gasteiger partial charge on any atom is 0.339 e. The van der Waals surface area contributed by atoms with Gasteiger partial charge in [0.1, 0.15) is 11.4 Å². The molecule has 0 spiro atoms. The second kappa shape index (κ2) is 10.1. The molecule has 2 aromatic rings. The molecule has 0 aromatic heterocycles. The monoisotopic (exact) mass is 602 g/mol. The molecule has 0 atom stereocenters. The quantitative estimate of drug-likeness (QED) is 0.277. The van der Waals surface area contributed by atoms with Crippen LogP contribution in [0.2, 0.25) is 0 Å². The molecule has 174 valence electrons. The molecule has 1 aliphatic heterocycles. The zero-order valence-electron chi connectivity index (χ0n) is 17.5. The first-order valence-electron chi connectivity index (χ1n) is 9.53. The molecule has 2 aromatic carbocycles. The second-order valence-electron chi connectivity index (χ2n) is 6.85. The molecule has 1 aliphatic rings. The summed E-state index contributed by atoms with van der Waals surface area (Å²) in [6.45, 7) is 3.30. The molecule has 1 heterocycles. The Balaban J connectivity index is 1.96. The Morgan fingerprint density at radius 2 is 1.88 bits per heavy atom. The lowest BCUT2D eigenvalue weighted by Gasteiger charge is -2.15. The minimum atomic E-state index is -4.12. The molecule has 0 unspecified atom stereocenters. The zero-order valence-corrected chi connectivity index (χ0v) is 21.3. The topological polar surface area (TPSA) is 133 Å². The Bertz CT molecular complexity index is 1260. The van der Waals surface area contributed by atoms with Crippen LogP contribution in [0.4, 0.5) is 4.79 Å². The van der Waals surface area contributed by atoms with Crippen LogP contribution < -0.4 is 14.7 Å². The van der Waals surface area contributed by atoms with Gasteiger partial charge in [0.05, 0.1) is 15.1 Å². The summed E-state index contributed by atoms with van der Waals surface area (Å²) < 4.78 is 36.9. The fourth-order valence-electron chi connectivity index (χ4n) is 2.82. The van der Waals surface area contributed by atoms with Gasteiger partial charge in [-0.15, -0.1) is 0 Å². The number of carbonyl (C=O) groups excluding carboxylic acids is 3. The number of imide groups is 1. The number of ether oxygens (including phenoxy) is 1. The molecule has 0 aliphatic carbocycles. The fourth-order valence-corrected chi connectivity index (χ4v) is 5.50. The van der Waals surface area contributed by atoms with Crippen molar-refractivity contribution in [2.75, 3.05) is 13.2 Å². The van der Waals surface area contributed by atoms with Gasteiger partial charge in [-0.1, -0.05) is 17.7 Å². The van der Waals surface area contributed by atoms with Gasteiger partial charge < -0.3 is 14.7 Å². The van der Waals surface area contributed by atoms with E-state index >= 15 is 0 Å². The predicted molar refractivity (Wildman–Crippen MR) is 131 cm³/mol. The molecule has 33 heavy (non-hydrogen) atoms. The van der Waals surface area contributed by atoms with E-state index in [1.54, 1.807) is 25.1 Å². The highest BCUT2D eigenvalue weighted by atomic mass is 127. The molecule has 3 amide bonds. The summed E-state index contributed by atoms with van der Waals surface area (Å²) in [7, 11) is -4.12. The van der Waals surface area contributed by atoms with Crippen molar-refractivity contribution in [3.8, 4) is 11.5 Å². The SMILES string of the molecule is CCOc1cc(/C=C2\SC(=O)N(CC(N)=O)C2=O)cc(I)c1OS(=O)(=O)c1ccc(C)cc1. The number of aryl methyl sites for hydroxylation is 1. The van der Waals surface area contributed by atoms with E-state index in [9.17, 15) is 22.8 Å². The molecule has 0 radical (unpaired) electrons. The summed E-state index contributed by atoms with van der Waals surface area (Å²) in [6.07, 6.45) is 1.45. The molecular weight excluding hydrogens is 583 g/mol. The maximum atomic E-state index is 12.8. The van der Waals surface area contributed by atoms with Crippen LogP contribution in [-0.4, -0.2) is 43.5 Å². The molecule has 1 fully saturated rings. The van der Waals surface area contributed by atoms with Crippen LogP contribution in [0, 0.1) is 10.5 Å². The second-order valence-corrected chi connectivity index (χ2v) is 10.5. The Morgan fingerprint density at radius 3 is 2.48 bits per heavy atom. The molecular formula is C21H19IN2O7S2.